The van der Waals surface area contributed by atoms with Crippen LogP contribution in [0.2, 0.25) is 0 Å². The summed E-state index contributed by atoms with van der Waals surface area (Å²) in [6, 6.07) is 5.66. The average molecular weight is 286 g/mol. The fraction of sp³-hybridized carbons (Fsp3) is 0.600. The van der Waals surface area contributed by atoms with E-state index in [1.807, 2.05) is 0 Å². The van der Waals surface area contributed by atoms with Crippen molar-refractivity contribution in [3.63, 3.8) is 0 Å². The molecular weight excluding hydrogens is 265 g/mol. The zero-order chi connectivity index (χ0) is 14.6. The number of rotatable bonds is 5. The number of nitrogens with zero attached hydrogens (tertiary/aromatic N) is 1. The maximum Gasteiger partial charge on any atom is 0.418 e. The molecule has 2 rings (SSSR count). The molecule has 0 bridgehead atoms. The number of halogens is 3. The lowest BCUT2D eigenvalue weighted by Crippen LogP contribution is -2.29. The number of hydrogen-bond acceptors (Lipinski definition) is 2. The Labute approximate surface area is 118 Å². The van der Waals surface area contributed by atoms with Crippen molar-refractivity contribution in [1.82, 2.24) is 4.90 Å². The van der Waals surface area contributed by atoms with Crippen molar-refractivity contribution in [2.45, 2.75) is 25.9 Å². The molecule has 0 aliphatic carbocycles. The molecule has 1 atom stereocenters. The Kier molecular flexibility index (Phi) is 4.91. The topological polar surface area (TPSA) is 15.3 Å². The van der Waals surface area contributed by atoms with E-state index >= 15 is 0 Å². The van der Waals surface area contributed by atoms with Gasteiger partial charge in [0.2, 0.25) is 0 Å². The highest BCUT2D eigenvalue weighted by Crippen LogP contribution is 2.34. The van der Waals surface area contributed by atoms with E-state index in [0.717, 1.165) is 25.7 Å². The summed E-state index contributed by atoms with van der Waals surface area (Å²) in [5, 5.41) is 2.95. The van der Waals surface area contributed by atoms with Gasteiger partial charge in [0.15, 0.2) is 0 Å². The summed E-state index contributed by atoms with van der Waals surface area (Å²) in [6.45, 7) is 5.80. The Morgan fingerprint density at radius 1 is 1.20 bits per heavy atom. The van der Waals surface area contributed by atoms with Crippen LogP contribution in [0.15, 0.2) is 24.3 Å². The van der Waals surface area contributed by atoms with Gasteiger partial charge < -0.3 is 10.2 Å². The van der Waals surface area contributed by atoms with Crippen molar-refractivity contribution in [2.24, 2.45) is 5.92 Å². The van der Waals surface area contributed by atoms with Gasteiger partial charge in [0.1, 0.15) is 0 Å². The number of nitrogens with one attached hydrogen (secondary N) is 1. The van der Waals surface area contributed by atoms with Gasteiger partial charge in [-0.1, -0.05) is 19.1 Å². The quantitative estimate of drug-likeness (QED) is 0.884. The van der Waals surface area contributed by atoms with Crippen LogP contribution in [0.4, 0.5) is 18.9 Å². The minimum Gasteiger partial charge on any atom is -0.384 e. The minimum atomic E-state index is -4.30. The van der Waals surface area contributed by atoms with E-state index in [0.29, 0.717) is 12.5 Å². The first kappa shape index (κ1) is 15.2. The summed E-state index contributed by atoms with van der Waals surface area (Å²) in [7, 11) is 0. The van der Waals surface area contributed by atoms with Crippen molar-refractivity contribution in [3.8, 4) is 0 Å². The molecule has 0 aromatic heterocycles. The van der Waals surface area contributed by atoms with Gasteiger partial charge in [-0.05, 0) is 44.0 Å². The smallest absolute Gasteiger partial charge is 0.384 e. The first-order valence-corrected chi connectivity index (χ1v) is 7.09. The number of para-hydroxylation sites is 1. The second kappa shape index (κ2) is 6.48. The van der Waals surface area contributed by atoms with Crippen LogP contribution in [0.1, 0.15) is 25.3 Å². The predicted molar refractivity (Wildman–Crippen MR) is 74.8 cm³/mol. The third-order valence-corrected chi connectivity index (χ3v) is 3.64. The van der Waals surface area contributed by atoms with Gasteiger partial charge in [0.25, 0.3) is 0 Å². The van der Waals surface area contributed by atoms with Crippen LogP contribution in [0, 0.1) is 5.92 Å². The summed E-state index contributed by atoms with van der Waals surface area (Å²) >= 11 is 0. The van der Waals surface area contributed by atoms with Crippen LogP contribution in [-0.4, -0.2) is 31.1 Å². The second-order valence-corrected chi connectivity index (χ2v) is 5.54. The van der Waals surface area contributed by atoms with E-state index in [4.69, 9.17) is 0 Å². The van der Waals surface area contributed by atoms with Crippen LogP contribution in [-0.2, 0) is 6.18 Å². The van der Waals surface area contributed by atoms with E-state index in [9.17, 15) is 13.2 Å². The summed E-state index contributed by atoms with van der Waals surface area (Å²) in [5.41, 5.74) is -0.415. The second-order valence-electron chi connectivity index (χ2n) is 5.54. The van der Waals surface area contributed by atoms with E-state index in [1.165, 1.54) is 25.0 Å². The molecule has 1 aliphatic heterocycles. The lowest BCUT2D eigenvalue weighted by molar-refractivity contribution is -0.136. The Bertz CT molecular complexity index is 425. The maximum atomic E-state index is 12.9. The summed E-state index contributed by atoms with van der Waals surface area (Å²) in [4.78, 5) is 2.38. The molecule has 1 aromatic rings. The number of alkyl halides is 3. The van der Waals surface area contributed by atoms with Crippen LogP contribution < -0.4 is 5.32 Å². The van der Waals surface area contributed by atoms with Crippen LogP contribution in [0.25, 0.3) is 0 Å². The third-order valence-electron chi connectivity index (χ3n) is 3.64. The van der Waals surface area contributed by atoms with Crippen molar-refractivity contribution in [3.05, 3.63) is 29.8 Å². The lowest BCUT2D eigenvalue weighted by atomic mass is 10.1. The Morgan fingerprint density at radius 3 is 2.50 bits per heavy atom. The maximum absolute atomic E-state index is 12.9. The van der Waals surface area contributed by atoms with Gasteiger partial charge in [-0.25, -0.2) is 0 Å². The van der Waals surface area contributed by atoms with Gasteiger partial charge >= 0.3 is 6.18 Å². The fourth-order valence-corrected chi connectivity index (χ4v) is 2.64. The van der Waals surface area contributed by atoms with E-state index < -0.39 is 11.7 Å². The van der Waals surface area contributed by atoms with Gasteiger partial charge in [0, 0.05) is 18.8 Å². The molecule has 1 unspecified atom stereocenters. The first-order chi connectivity index (χ1) is 9.47. The molecule has 1 aromatic carbocycles. The van der Waals surface area contributed by atoms with E-state index in [1.54, 1.807) is 6.07 Å². The predicted octanol–water partition coefficient (Wildman–Crippen LogP) is 3.85. The lowest BCUT2D eigenvalue weighted by Gasteiger charge is -2.22. The summed E-state index contributed by atoms with van der Waals surface area (Å²) in [6.07, 6.45) is -1.84. The highest BCUT2D eigenvalue weighted by Gasteiger charge is 2.33. The normalized spacial score (nSPS) is 18.2. The molecule has 0 radical (unpaired) electrons. The van der Waals surface area contributed by atoms with Crippen LogP contribution in [0.5, 0.6) is 0 Å². The molecule has 2 nitrogen and oxygen atoms in total. The summed E-state index contributed by atoms with van der Waals surface area (Å²) in [5.74, 6) is 0.328. The monoisotopic (exact) mass is 286 g/mol. The molecular formula is C15H21F3N2. The Morgan fingerprint density at radius 2 is 1.85 bits per heavy atom. The highest BCUT2D eigenvalue weighted by atomic mass is 19.4. The molecule has 0 saturated carbocycles. The van der Waals surface area contributed by atoms with Gasteiger partial charge in [-0.3, -0.25) is 0 Å². The third kappa shape index (κ3) is 4.13. The minimum absolute atomic E-state index is 0.174. The molecule has 0 amide bonds. The number of anilines is 1. The van der Waals surface area contributed by atoms with Crippen molar-refractivity contribution >= 4 is 5.69 Å². The zero-order valence-electron chi connectivity index (χ0n) is 11.7. The number of benzene rings is 1. The van der Waals surface area contributed by atoms with E-state index in [-0.39, 0.29) is 5.69 Å². The SMILES string of the molecule is CC(CNc1ccccc1C(F)(F)F)CN1CCCC1. The Balaban J connectivity index is 1.90. The first-order valence-electron chi connectivity index (χ1n) is 7.09. The number of likely N-dealkylation sites (tertiary alicyclic amines) is 1. The van der Waals surface area contributed by atoms with Gasteiger partial charge in [-0.2, -0.15) is 13.2 Å². The van der Waals surface area contributed by atoms with Crippen LogP contribution in [0.3, 0.4) is 0 Å². The van der Waals surface area contributed by atoms with Gasteiger partial charge in [-0.15, -0.1) is 0 Å². The molecule has 0 spiro atoms. The van der Waals surface area contributed by atoms with Crippen molar-refractivity contribution in [2.75, 3.05) is 31.5 Å². The fourth-order valence-electron chi connectivity index (χ4n) is 2.64. The van der Waals surface area contributed by atoms with Crippen molar-refractivity contribution < 1.29 is 13.2 Å². The zero-order valence-corrected chi connectivity index (χ0v) is 11.7. The average Bonchev–Trinajstić information content (AvgIpc) is 2.88. The van der Waals surface area contributed by atoms with E-state index in [2.05, 4.69) is 17.1 Å². The largest absolute Gasteiger partial charge is 0.418 e. The molecule has 1 saturated heterocycles. The molecule has 112 valence electrons. The molecule has 1 aliphatic rings. The highest BCUT2D eigenvalue weighted by molar-refractivity contribution is 5.52. The molecule has 1 heterocycles. The van der Waals surface area contributed by atoms with Gasteiger partial charge in [0.05, 0.1) is 5.56 Å². The molecule has 1 N–H and O–H groups in total. The molecule has 5 heteroatoms. The molecule has 1 fully saturated rings. The Hall–Kier alpha value is -1.23. The van der Waals surface area contributed by atoms with Crippen LogP contribution >= 0.6 is 0 Å². The summed E-state index contributed by atoms with van der Waals surface area (Å²) < 4.78 is 38.6. The standard InChI is InChI=1S/C15H21F3N2/c1-12(11-20-8-4-5-9-20)10-19-14-7-3-2-6-13(14)15(16,17)18/h2-3,6-7,12,19H,4-5,8-11H2,1H3. The number of hydrogen-bond donors (Lipinski definition) is 1. The van der Waals surface area contributed by atoms with Crippen molar-refractivity contribution in [1.29, 1.82) is 0 Å². The molecule has 20 heavy (non-hydrogen) atoms.